The van der Waals surface area contributed by atoms with E-state index in [1.807, 2.05) is 12.1 Å². The Kier molecular flexibility index (Phi) is 5.34. The van der Waals surface area contributed by atoms with Gasteiger partial charge in [0.15, 0.2) is 0 Å². The number of ether oxygens (including phenoxy) is 2. The van der Waals surface area contributed by atoms with Crippen molar-refractivity contribution in [1.29, 1.82) is 0 Å². The largest absolute Gasteiger partial charge is 0.486 e. The minimum atomic E-state index is -0.317. The van der Waals surface area contributed by atoms with Crippen LogP contribution in [0.4, 0.5) is 0 Å². The second-order valence-corrected chi connectivity index (χ2v) is 5.75. The number of halogens is 1. The van der Waals surface area contributed by atoms with Crippen molar-refractivity contribution in [1.82, 2.24) is 0 Å². The molecule has 0 fully saturated rings. The van der Waals surface area contributed by atoms with Crippen molar-refractivity contribution in [2.45, 2.75) is 30.8 Å². The molecule has 2 rings (SSSR count). The highest BCUT2D eigenvalue weighted by Gasteiger charge is 2.18. The summed E-state index contributed by atoms with van der Waals surface area (Å²) in [6.45, 7) is 2.18. The van der Waals surface area contributed by atoms with Crippen molar-refractivity contribution in [3.05, 3.63) is 35.9 Å². The third-order valence-corrected chi connectivity index (χ3v) is 4.38. The summed E-state index contributed by atoms with van der Waals surface area (Å²) in [5.74, 6) is 0.581. The molecule has 1 aromatic rings. The number of rotatable bonds is 4. The van der Waals surface area contributed by atoms with Gasteiger partial charge in [0.1, 0.15) is 11.9 Å². The van der Waals surface area contributed by atoms with E-state index in [1.165, 1.54) is 16.5 Å². The van der Waals surface area contributed by atoms with E-state index in [0.717, 1.165) is 18.6 Å². The second kappa shape index (κ2) is 7.01. The predicted molar refractivity (Wildman–Crippen MR) is 79.7 cm³/mol. The highest BCUT2D eigenvalue weighted by Crippen LogP contribution is 2.33. The maximum Gasteiger partial charge on any atom is 0.330 e. The molecule has 0 saturated carbocycles. The molecule has 3 nitrogen and oxygen atoms in total. The zero-order valence-electron chi connectivity index (χ0n) is 10.6. The van der Waals surface area contributed by atoms with Gasteiger partial charge in [0, 0.05) is 11.0 Å². The molecule has 0 aliphatic carbocycles. The van der Waals surface area contributed by atoms with Gasteiger partial charge in [0.25, 0.3) is 0 Å². The average molecular weight is 343 g/mol. The summed E-state index contributed by atoms with van der Waals surface area (Å²) in [4.78, 5) is 12.4. The van der Waals surface area contributed by atoms with Gasteiger partial charge in [-0.25, -0.2) is 4.79 Å². The number of fused-ring (bicyclic) bond motifs is 1. The van der Waals surface area contributed by atoms with Gasteiger partial charge in [-0.3, -0.25) is 0 Å². The summed E-state index contributed by atoms with van der Waals surface area (Å²) in [5.41, 5.74) is 1.21. The van der Waals surface area contributed by atoms with E-state index in [1.54, 1.807) is 23.2 Å². The Bertz CT molecular complexity index is 488. The lowest BCUT2D eigenvalue weighted by molar-refractivity contribution is -0.137. The Hall–Kier alpha value is -0.940. The Balaban J connectivity index is 2.00. The van der Waals surface area contributed by atoms with Crippen LogP contribution in [0, 0.1) is 0 Å². The molecule has 0 bridgehead atoms. The maximum absolute atomic E-state index is 11.2. The van der Waals surface area contributed by atoms with Crippen molar-refractivity contribution < 1.29 is 14.3 Å². The van der Waals surface area contributed by atoms with Crippen LogP contribution in [0.15, 0.2) is 35.2 Å². The fraction of sp³-hybridized carbons (Fsp3) is 0.357. The minimum Gasteiger partial charge on any atom is -0.486 e. The average Bonchev–Trinajstić information content (AvgIpc) is 2.44. The van der Waals surface area contributed by atoms with Gasteiger partial charge in [0.05, 0.1) is 6.61 Å². The highest BCUT2D eigenvalue weighted by atomic mass is 79.9. The van der Waals surface area contributed by atoms with Crippen LogP contribution in [-0.4, -0.2) is 18.7 Å². The number of carbonyl (C=O) groups excluding carboxylic acids is 1. The summed E-state index contributed by atoms with van der Waals surface area (Å²) in [7, 11) is 1.54. The van der Waals surface area contributed by atoms with Crippen LogP contribution in [0.5, 0.6) is 5.75 Å². The first kappa shape index (κ1) is 14.5. The Labute approximate surface area is 124 Å². The molecule has 5 heteroatoms. The van der Waals surface area contributed by atoms with Gasteiger partial charge in [0.2, 0.25) is 0 Å². The van der Waals surface area contributed by atoms with Crippen LogP contribution in [0.3, 0.4) is 0 Å². The van der Waals surface area contributed by atoms with Gasteiger partial charge >= 0.3 is 5.97 Å². The molecular formula is C14H15BrO3S. The van der Waals surface area contributed by atoms with Crippen LogP contribution in [0.1, 0.15) is 18.9 Å². The van der Waals surface area contributed by atoms with Crippen LogP contribution in [0.25, 0.3) is 0 Å². The first-order valence-corrected chi connectivity index (χ1v) is 8.82. The molecule has 1 aliphatic heterocycles. The van der Waals surface area contributed by atoms with E-state index in [-0.39, 0.29) is 12.1 Å². The van der Waals surface area contributed by atoms with Gasteiger partial charge in [-0.2, -0.15) is 0 Å². The van der Waals surface area contributed by atoms with Gasteiger partial charge < -0.3 is 9.47 Å². The fourth-order valence-electron chi connectivity index (χ4n) is 1.95. The van der Waals surface area contributed by atoms with Crippen LogP contribution < -0.4 is 4.74 Å². The molecule has 0 radical (unpaired) electrons. The molecule has 1 aliphatic rings. The van der Waals surface area contributed by atoms with Crippen molar-refractivity contribution in [3.63, 3.8) is 0 Å². The summed E-state index contributed by atoms with van der Waals surface area (Å²) in [6.07, 6.45) is 4.99. The van der Waals surface area contributed by atoms with Crippen molar-refractivity contribution in [2.75, 3.05) is 6.61 Å². The van der Waals surface area contributed by atoms with Crippen LogP contribution in [0.2, 0.25) is 0 Å². The molecule has 0 aromatic heterocycles. The van der Waals surface area contributed by atoms with E-state index in [0.29, 0.717) is 6.61 Å². The van der Waals surface area contributed by atoms with E-state index in [9.17, 15) is 4.79 Å². The van der Waals surface area contributed by atoms with E-state index >= 15 is 0 Å². The van der Waals surface area contributed by atoms with Crippen molar-refractivity contribution in [2.24, 2.45) is 0 Å². The topological polar surface area (TPSA) is 35.5 Å². The summed E-state index contributed by atoms with van der Waals surface area (Å²) in [5, 5.41) is 0. The monoisotopic (exact) mass is 342 g/mol. The Morgan fingerprint density at radius 2 is 2.47 bits per heavy atom. The molecule has 0 amide bonds. The number of benzene rings is 1. The molecule has 102 valence electrons. The summed E-state index contributed by atoms with van der Waals surface area (Å²) >= 11 is 3.37. The van der Waals surface area contributed by atoms with E-state index in [4.69, 9.17) is 9.47 Å². The van der Waals surface area contributed by atoms with Crippen LogP contribution >= 0.6 is 25.0 Å². The summed E-state index contributed by atoms with van der Waals surface area (Å²) in [6, 6.07) is 6.11. The van der Waals surface area contributed by atoms with Gasteiger partial charge in [-0.05, 0) is 74.6 Å². The molecular weight excluding hydrogens is 328 g/mol. The highest BCUT2D eigenvalue weighted by molar-refractivity contribution is 9.50. The van der Waals surface area contributed by atoms with E-state index in [2.05, 4.69) is 20.9 Å². The molecule has 1 aromatic carbocycles. The lowest BCUT2D eigenvalue weighted by Crippen LogP contribution is -2.20. The number of hydrogen-bond donors (Lipinski definition) is 0. The summed E-state index contributed by atoms with van der Waals surface area (Å²) < 4.78 is 10.7. The number of hydrogen-bond acceptors (Lipinski definition) is 4. The first-order chi connectivity index (χ1) is 9.22. The quantitative estimate of drug-likeness (QED) is 0.614. The predicted octanol–water partition coefficient (Wildman–Crippen LogP) is 3.90. The maximum atomic E-state index is 11.2. The van der Waals surface area contributed by atoms with Crippen molar-refractivity contribution in [3.8, 4) is 5.75 Å². The molecule has 0 N–H and O–H groups in total. The lowest BCUT2D eigenvalue weighted by atomic mass is 10.0. The van der Waals surface area contributed by atoms with Crippen molar-refractivity contribution >= 4 is 31.0 Å². The standard InChI is InChI=1S/C14H15BrO3S/c1-2-17-14(16)8-5-11-4-3-10-9-12(19-15)6-7-13(10)18-11/h5-9,11H,2-4H2,1H3/b8-5+. The smallest absolute Gasteiger partial charge is 0.330 e. The minimum absolute atomic E-state index is 0.0561. The van der Waals surface area contributed by atoms with Crippen LogP contribution in [-0.2, 0) is 16.0 Å². The third-order valence-electron chi connectivity index (χ3n) is 2.83. The normalized spacial score (nSPS) is 17.9. The lowest BCUT2D eigenvalue weighted by Gasteiger charge is -2.24. The molecule has 19 heavy (non-hydrogen) atoms. The molecule has 1 heterocycles. The molecule has 0 saturated heterocycles. The molecule has 1 atom stereocenters. The molecule has 1 unspecified atom stereocenters. The molecule has 0 spiro atoms. The zero-order valence-corrected chi connectivity index (χ0v) is 13.0. The second-order valence-electron chi connectivity index (χ2n) is 4.15. The van der Waals surface area contributed by atoms with E-state index < -0.39 is 0 Å². The van der Waals surface area contributed by atoms with Gasteiger partial charge in [-0.1, -0.05) is 0 Å². The third kappa shape index (κ3) is 4.01. The number of carbonyl (C=O) groups is 1. The fourth-order valence-corrected chi connectivity index (χ4v) is 2.86. The SMILES string of the molecule is CCOC(=O)/C=C/C1CCc2cc(SBr)ccc2O1. The first-order valence-electron chi connectivity index (χ1n) is 6.16. The number of aryl methyl sites for hydroxylation is 1. The Morgan fingerprint density at radius 3 is 3.21 bits per heavy atom. The number of esters is 1. The Morgan fingerprint density at radius 1 is 1.63 bits per heavy atom. The zero-order chi connectivity index (χ0) is 13.7. The van der Waals surface area contributed by atoms with Gasteiger partial charge in [-0.15, -0.1) is 0 Å².